The molecular formula is C14H9ClN6. The van der Waals surface area contributed by atoms with Gasteiger partial charge in [-0.05, 0) is 19.1 Å². The van der Waals surface area contributed by atoms with E-state index in [4.69, 9.17) is 11.6 Å². The van der Waals surface area contributed by atoms with Crippen molar-refractivity contribution in [2.24, 2.45) is 0 Å². The summed E-state index contributed by atoms with van der Waals surface area (Å²) in [6.45, 7) is 1.86. The van der Waals surface area contributed by atoms with Crippen LogP contribution in [0.25, 0.3) is 28.1 Å². The summed E-state index contributed by atoms with van der Waals surface area (Å²) < 4.78 is 1.86. The van der Waals surface area contributed by atoms with Gasteiger partial charge in [-0.3, -0.25) is 14.4 Å². The zero-order valence-electron chi connectivity index (χ0n) is 11.0. The molecule has 1 aromatic carbocycles. The van der Waals surface area contributed by atoms with E-state index in [1.54, 1.807) is 18.5 Å². The third-order valence-corrected chi connectivity index (χ3v) is 3.46. The molecule has 0 N–H and O–H groups in total. The van der Waals surface area contributed by atoms with Crippen molar-refractivity contribution < 1.29 is 0 Å². The van der Waals surface area contributed by atoms with E-state index in [1.165, 1.54) is 0 Å². The Morgan fingerprint density at radius 2 is 1.95 bits per heavy atom. The molecule has 4 rings (SSSR count). The Labute approximate surface area is 124 Å². The van der Waals surface area contributed by atoms with Gasteiger partial charge in [0.05, 0.1) is 11.0 Å². The topological polar surface area (TPSA) is 68.9 Å². The zero-order chi connectivity index (χ0) is 14.4. The van der Waals surface area contributed by atoms with Crippen molar-refractivity contribution in [3.63, 3.8) is 0 Å². The second-order valence-corrected chi connectivity index (χ2v) is 4.96. The molecular weight excluding hydrogens is 288 g/mol. The van der Waals surface area contributed by atoms with Crippen LogP contribution in [0.4, 0.5) is 0 Å². The highest BCUT2D eigenvalue weighted by molar-refractivity contribution is 6.29. The minimum absolute atomic E-state index is 0.400. The largest absolute Gasteiger partial charge is 0.263 e. The molecule has 0 unspecified atom stereocenters. The maximum absolute atomic E-state index is 5.96. The molecule has 3 heterocycles. The van der Waals surface area contributed by atoms with E-state index < -0.39 is 0 Å². The number of hydrogen-bond acceptors (Lipinski definition) is 5. The molecule has 0 aliphatic heterocycles. The third-order valence-electron chi connectivity index (χ3n) is 3.27. The van der Waals surface area contributed by atoms with E-state index in [1.807, 2.05) is 29.5 Å². The van der Waals surface area contributed by atoms with E-state index in [-0.39, 0.29) is 0 Å². The summed E-state index contributed by atoms with van der Waals surface area (Å²) in [4.78, 5) is 13.0. The van der Waals surface area contributed by atoms with Gasteiger partial charge in [-0.25, -0.2) is 4.98 Å². The van der Waals surface area contributed by atoms with E-state index >= 15 is 0 Å². The van der Waals surface area contributed by atoms with Crippen molar-refractivity contribution in [2.75, 3.05) is 0 Å². The van der Waals surface area contributed by atoms with Gasteiger partial charge in [0.15, 0.2) is 11.5 Å². The first-order chi connectivity index (χ1) is 10.2. The van der Waals surface area contributed by atoms with Crippen LogP contribution in [0.5, 0.6) is 0 Å². The maximum atomic E-state index is 5.96. The van der Waals surface area contributed by atoms with Crippen molar-refractivity contribution >= 4 is 28.3 Å². The normalized spacial score (nSPS) is 11.3. The summed E-state index contributed by atoms with van der Waals surface area (Å²) >= 11 is 5.96. The van der Waals surface area contributed by atoms with Gasteiger partial charge in [-0.2, -0.15) is 0 Å². The van der Waals surface area contributed by atoms with Gasteiger partial charge in [0.1, 0.15) is 11.0 Å². The van der Waals surface area contributed by atoms with E-state index in [9.17, 15) is 0 Å². The number of fused-ring (bicyclic) bond motifs is 2. The number of halogens is 1. The number of hydrogen-bond donors (Lipinski definition) is 0. The summed E-state index contributed by atoms with van der Waals surface area (Å²) in [7, 11) is 0. The first-order valence-corrected chi connectivity index (χ1v) is 6.70. The predicted molar refractivity (Wildman–Crippen MR) is 79.1 cm³/mol. The molecule has 4 aromatic rings. The van der Waals surface area contributed by atoms with Crippen LogP contribution in [-0.4, -0.2) is 29.5 Å². The molecule has 0 spiro atoms. The van der Waals surface area contributed by atoms with Crippen molar-refractivity contribution in [2.45, 2.75) is 6.92 Å². The van der Waals surface area contributed by atoms with E-state index in [0.717, 1.165) is 22.4 Å². The third kappa shape index (κ3) is 1.84. The Morgan fingerprint density at radius 3 is 2.86 bits per heavy atom. The first-order valence-electron chi connectivity index (χ1n) is 6.32. The summed E-state index contributed by atoms with van der Waals surface area (Å²) in [5, 5.41) is 8.83. The van der Waals surface area contributed by atoms with Crippen LogP contribution in [0.1, 0.15) is 5.82 Å². The van der Waals surface area contributed by atoms with Crippen molar-refractivity contribution in [1.82, 2.24) is 29.5 Å². The smallest absolute Gasteiger partial charge is 0.172 e. The lowest BCUT2D eigenvalue weighted by Crippen LogP contribution is -1.99. The van der Waals surface area contributed by atoms with E-state index in [0.29, 0.717) is 16.6 Å². The summed E-state index contributed by atoms with van der Waals surface area (Å²) in [6, 6.07) is 7.46. The number of aromatic nitrogens is 6. The number of benzene rings is 1. The summed E-state index contributed by atoms with van der Waals surface area (Å²) in [6.07, 6.45) is 3.33. The lowest BCUT2D eigenvalue weighted by Gasteiger charge is -2.05. The van der Waals surface area contributed by atoms with Gasteiger partial charge in [0.2, 0.25) is 0 Å². The fraction of sp³-hybridized carbons (Fsp3) is 0.0714. The molecule has 0 bridgehead atoms. The molecule has 0 aliphatic rings. The zero-order valence-corrected chi connectivity index (χ0v) is 11.8. The highest BCUT2D eigenvalue weighted by Gasteiger charge is 2.15. The highest BCUT2D eigenvalue weighted by atomic mass is 35.5. The molecule has 0 aliphatic carbocycles. The Kier molecular flexibility index (Phi) is 2.58. The fourth-order valence-corrected chi connectivity index (χ4v) is 2.62. The Hall–Kier alpha value is -2.60. The Balaban J connectivity index is 2.10. The van der Waals surface area contributed by atoms with Crippen molar-refractivity contribution in [3.05, 3.63) is 47.6 Å². The van der Waals surface area contributed by atoms with Crippen LogP contribution in [0.2, 0.25) is 5.15 Å². The minimum atomic E-state index is 0.400. The predicted octanol–water partition coefficient (Wildman–Crippen LogP) is 2.70. The number of nitrogens with zero attached hydrogens (tertiary/aromatic N) is 6. The molecule has 0 saturated carbocycles. The molecule has 6 nitrogen and oxygen atoms in total. The SMILES string of the molecule is Cc1nc(Cl)cc2nnc(-c3cccc4nccnc34)n12. The quantitative estimate of drug-likeness (QED) is 0.505. The van der Waals surface area contributed by atoms with Crippen LogP contribution >= 0.6 is 11.6 Å². The average molecular weight is 297 g/mol. The molecule has 0 saturated heterocycles. The maximum Gasteiger partial charge on any atom is 0.172 e. The molecule has 102 valence electrons. The van der Waals surface area contributed by atoms with Gasteiger partial charge in [-0.15, -0.1) is 10.2 Å². The number of para-hydroxylation sites is 1. The number of rotatable bonds is 1. The molecule has 3 aromatic heterocycles. The molecule has 0 radical (unpaired) electrons. The van der Waals surface area contributed by atoms with Crippen LogP contribution in [-0.2, 0) is 0 Å². The monoisotopic (exact) mass is 296 g/mol. The van der Waals surface area contributed by atoms with Crippen molar-refractivity contribution in [1.29, 1.82) is 0 Å². The lowest BCUT2D eigenvalue weighted by molar-refractivity contribution is 0.989. The second kappa shape index (κ2) is 4.46. The molecule has 0 atom stereocenters. The summed E-state index contributed by atoms with van der Waals surface area (Å²) in [5.74, 6) is 1.40. The van der Waals surface area contributed by atoms with Gasteiger partial charge >= 0.3 is 0 Å². The van der Waals surface area contributed by atoms with Crippen LogP contribution in [0.15, 0.2) is 36.7 Å². The molecule has 21 heavy (non-hydrogen) atoms. The molecule has 7 heteroatoms. The standard InChI is InChI=1S/C14H9ClN6/c1-8-18-11(15)7-12-19-20-14(21(8)12)9-3-2-4-10-13(9)17-6-5-16-10/h2-7H,1H3. The van der Waals surface area contributed by atoms with Gasteiger partial charge in [-0.1, -0.05) is 17.7 Å². The minimum Gasteiger partial charge on any atom is -0.263 e. The lowest BCUT2D eigenvalue weighted by atomic mass is 10.1. The number of aryl methyl sites for hydroxylation is 1. The fourth-order valence-electron chi connectivity index (χ4n) is 2.40. The molecule has 0 amide bonds. The second-order valence-electron chi connectivity index (χ2n) is 4.57. The van der Waals surface area contributed by atoms with Gasteiger partial charge in [0.25, 0.3) is 0 Å². The molecule has 0 fully saturated rings. The highest BCUT2D eigenvalue weighted by Crippen LogP contribution is 2.26. The van der Waals surface area contributed by atoms with Gasteiger partial charge in [0, 0.05) is 24.0 Å². The average Bonchev–Trinajstić information content (AvgIpc) is 2.90. The van der Waals surface area contributed by atoms with Crippen molar-refractivity contribution in [3.8, 4) is 11.4 Å². The Bertz CT molecular complexity index is 972. The van der Waals surface area contributed by atoms with E-state index in [2.05, 4.69) is 25.1 Å². The van der Waals surface area contributed by atoms with Crippen LogP contribution in [0, 0.1) is 6.92 Å². The van der Waals surface area contributed by atoms with Crippen LogP contribution < -0.4 is 0 Å². The first kappa shape index (κ1) is 12.2. The summed E-state index contributed by atoms with van der Waals surface area (Å²) in [5.41, 5.74) is 3.11. The van der Waals surface area contributed by atoms with Crippen LogP contribution in [0.3, 0.4) is 0 Å². The Morgan fingerprint density at radius 1 is 1.10 bits per heavy atom. The van der Waals surface area contributed by atoms with Gasteiger partial charge < -0.3 is 0 Å².